The second kappa shape index (κ2) is 4.69. The van der Waals surface area contributed by atoms with Crippen LogP contribution in [0, 0.1) is 6.07 Å². The fourth-order valence-corrected chi connectivity index (χ4v) is 2.04. The molecular weight excluding hydrogens is 227 g/mol. The van der Waals surface area contributed by atoms with E-state index in [0.717, 1.165) is 17.5 Å². The number of rotatable bonds is 2. The first kappa shape index (κ1) is 10.5. The van der Waals surface area contributed by atoms with Crippen LogP contribution in [0.1, 0.15) is 11.1 Å². The molecule has 0 aliphatic rings. The third-order valence-electron chi connectivity index (χ3n) is 2.09. The first-order chi connectivity index (χ1) is 7.24. The normalized spacial score (nSPS) is 10.3. The minimum absolute atomic E-state index is 0.674. The largest absolute Gasteiger partial charge is 0.0843 e. The Balaban J connectivity index is 2.25. The average Bonchev–Trinajstić information content (AvgIpc) is 2.17. The summed E-state index contributed by atoms with van der Waals surface area (Å²) in [5.74, 6) is 0. The Morgan fingerprint density at radius 3 is 2.33 bits per heavy atom. The summed E-state index contributed by atoms with van der Waals surface area (Å²) in [6.07, 6.45) is 0.807. The Kier molecular flexibility index (Phi) is 3.30. The van der Waals surface area contributed by atoms with Crippen LogP contribution in [0.25, 0.3) is 0 Å². The van der Waals surface area contributed by atoms with Crippen molar-refractivity contribution < 1.29 is 0 Å². The molecule has 0 fully saturated rings. The van der Waals surface area contributed by atoms with Crippen LogP contribution in [0.2, 0.25) is 10.0 Å². The van der Waals surface area contributed by atoms with Crippen molar-refractivity contribution in [3.63, 3.8) is 0 Å². The minimum Gasteiger partial charge on any atom is -0.0843 e. The molecule has 2 rings (SSSR count). The van der Waals surface area contributed by atoms with E-state index in [4.69, 9.17) is 23.2 Å². The van der Waals surface area contributed by atoms with Crippen LogP contribution >= 0.6 is 23.2 Å². The van der Waals surface area contributed by atoms with Crippen LogP contribution in [-0.4, -0.2) is 0 Å². The maximum Gasteiger partial charge on any atom is 0.0423 e. The molecule has 0 saturated heterocycles. The molecule has 0 aromatic heterocycles. The third-order valence-corrected chi connectivity index (χ3v) is 2.53. The van der Waals surface area contributed by atoms with Crippen LogP contribution in [0.15, 0.2) is 42.5 Å². The van der Waals surface area contributed by atoms with Gasteiger partial charge in [0.2, 0.25) is 0 Å². The van der Waals surface area contributed by atoms with Gasteiger partial charge in [0.05, 0.1) is 0 Å². The lowest BCUT2D eigenvalue weighted by atomic mass is 10.1. The number of hydrogen-bond acceptors (Lipinski definition) is 0. The van der Waals surface area contributed by atoms with E-state index in [0.29, 0.717) is 10.0 Å². The van der Waals surface area contributed by atoms with Crippen molar-refractivity contribution in [2.75, 3.05) is 0 Å². The van der Waals surface area contributed by atoms with E-state index in [1.165, 1.54) is 0 Å². The highest BCUT2D eigenvalue weighted by molar-refractivity contribution is 6.34. The van der Waals surface area contributed by atoms with E-state index in [-0.39, 0.29) is 0 Å². The Morgan fingerprint density at radius 1 is 1.00 bits per heavy atom. The maximum absolute atomic E-state index is 5.92. The SMILES string of the molecule is Clc1cc(Cl)cc(Cc2[c]cccc2)c1. The van der Waals surface area contributed by atoms with Gasteiger partial charge in [-0.15, -0.1) is 0 Å². The number of halogens is 2. The summed E-state index contributed by atoms with van der Waals surface area (Å²) >= 11 is 11.8. The van der Waals surface area contributed by atoms with Crippen molar-refractivity contribution in [1.82, 2.24) is 0 Å². The fraction of sp³-hybridized carbons (Fsp3) is 0.0769. The molecule has 0 bridgehead atoms. The minimum atomic E-state index is 0.674. The topological polar surface area (TPSA) is 0 Å². The molecule has 0 nitrogen and oxygen atoms in total. The highest BCUT2D eigenvalue weighted by atomic mass is 35.5. The van der Waals surface area contributed by atoms with Crippen molar-refractivity contribution in [2.45, 2.75) is 6.42 Å². The average molecular weight is 236 g/mol. The molecule has 2 aromatic rings. The first-order valence-corrected chi connectivity index (χ1v) is 5.40. The molecule has 0 unspecified atom stereocenters. The highest BCUT2D eigenvalue weighted by Crippen LogP contribution is 2.20. The lowest BCUT2D eigenvalue weighted by molar-refractivity contribution is 1.19. The van der Waals surface area contributed by atoms with E-state index >= 15 is 0 Å². The molecule has 0 N–H and O–H groups in total. The monoisotopic (exact) mass is 235 g/mol. The zero-order chi connectivity index (χ0) is 10.7. The van der Waals surface area contributed by atoms with Gasteiger partial charge in [0.1, 0.15) is 0 Å². The Morgan fingerprint density at radius 2 is 1.73 bits per heavy atom. The van der Waals surface area contributed by atoms with Gasteiger partial charge < -0.3 is 0 Å². The predicted octanol–water partition coefficient (Wildman–Crippen LogP) is 4.38. The number of benzene rings is 2. The van der Waals surface area contributed by atoms with Crippen molar-refractivity contribution in [3.8, 4) is 0 Å². The van der Waals surface area contributed by atoms with Crippen LogP contribution in [0.4, 0.5) is 0 Å². The van der Waals surface area contributed by atoms with Crippen LogP contribution in [0.3, 0.4) is 0 Å². The zero-order valence-electron chi connectivity index (χ0n) is 8.00. The maximum atomic E-state index is 5.92. The van der Waals surface area contributed by atoms with Crippen LogP contribution in [-0.2, 0) is 6.42 Å². The predicted molar refractivity (Wildman–Crippen MR) is 64.5 cm³/mol. The quantitative estimate of drug-likeness (QED) is 0.725. The summed E-state index contributed by atoms with van der Waals surface area (Å²) in [5, 5.41) is 1.35. The summed E-state index contributed by atoms with van der Waals surface area (Å²) < 4.78 is 0. The molecule has 2 heteroatoms. The summed E-state index contributed by atoms with van der Waals surface area (Å²) in [6, 6.07) is 16.6. The van der Waals surface area contributed by atoms with Crippen molar-refractivity contribution >= 4 is 23.2 Å². The fourth-order valence-electron chi connectivity index (χ4n) is 1.47. The van der Waals surface area contributed by atoms with Crippen molar-refractivity contribution in [1.29, 1.82) is 0 Å². The first-order valence-electron chi connectivity index (χ1n) is 4.64. The molecule has 75 valence electrons. The van der Waals surface area contributed by atoms with Gasteiger partial charge >= 0.3 is 0 Å². The smallest absolute Gasteiger partial charge is 0.0423 e. The van der Waals surface area contributed by atoms with Gasteiger partial charge in [-0.25, -0.2) is 0 Å². The van der Waals surface area contributed by atoms with Gasteiger partial charge in [-0.1, -0.05) is 47.5 Å². The van der Waals surface area contributed by atoms with E-state index in [9.17, 15) is 0 Å². The van der Waals surface area contributed by atoms with Gasteiger partial charge in [-0.05, 0) is 41.8 Å². The van der Waals surface area contributed by atoms with Crippen molar-refractivity contribution in [3.05, 3.63) is 69.7 Å². The van der Waals surface area contributed by atoms with Gasteiger partial charge in [0.25, 0.3) is 0 Å². The highest BCUT2D eigenvalue weighted by Gasteiger charge is 1.99. The van der Waals surface area contributed by atoms with E-state index in [2.05, 4.69) is 6.07 Å². The second-order valence-corrected chi connectivity index (χ2v) is 4.22. The Bertz CT molecular complexity index is 429. The Hall–Kier alpha value is -0.980. The molecule has 0 saturated carbocycles. The van der Waals surface area contributed by atoms with Gasteiger partial charge in [-0.2, -0.15) is 0 Å². The Labute approximate surface area is 99.5 Å². The van der Waals surface area contributed by atoms with E-state index in [1.807, 2.05) is 36.4 Å². The van der Waals surface area contributed by atoms with Gasteiger partial charge in [0.15, 0.2) is 0 Å². The van der Waals surface area contributed by atoms with E-state index in [1.54, 1.807) is 6.07 Å². The number of hydrogen-bond donors (Lipinski definition) is 0. The summed E-state index contributed by atoms with van der Waals surface area (Å²) in [6.45, 7) is 0. The summed E-state index contributed by atoms with van der Waals surface area (Å²) in [4.78, 5) is 0. The standard InChI is InChI=1S/C13H9Cl2/c14-12-7-11(8-13(15)9-12)6-10-4-2-1-3-5-10/h1-4,7-9H,6H2. The second-order valence-electron chi connectivity index (χ2n) is 3.34. The molecule has 0 amide bonds. The summed E-state index contributed by atoms with van der Waals surface area (Å²) in [7, 11) is 0. The zero-order valence-corrected chi connectivity index (χ0v) is 9.52. The van der Waals surface area contributed by atoms with Crippen molar-refractivity contribution in [2.24, 2.45) is 0 Å². The molecule has 0 heterocycles. The van der Waals surface area contributed by atoms with Gasteiger partial charge in [0, 0.05) is 10.0 Å². The van der Waals surface area contributed by atoms with Gasteiger partial charge in [-0.3, -0.25) is 0 Å². The van der Waals surface area contributed by atoms with E-state index < -0.39 is 0 Å². The molecule has 2 aromatic carbocycles. The summed E-state index contributed by atoms with van der Waals surface area (Å²) in [5.41, 5.74) is 2.24. The molecule has 15 heavy (non-hydrogen) atoms. The molecule has 1 radical (unpaired) electrons. The molecule has 0 aliphatic heterocycles. The van der Waals surface area contributed by atoms with Crippen LogP contribution in [0.5, 0.6) is 0 Å². The van der Waals surface area contributed by atoms with Crippen LogP contribution < -0.4 is 0 Å². The molecule has 0 atom stereocenters. The molecule has 0 aliphatic carbocycles. The molecular formula is C13H9Cl2. The third kappa shape index (κ3) is 2.98. The lowest BCUT2D eigenvalue weighted by Crippen LogP contribution is -1.87. The molecule has 0 spiro atoms. The lowest BCUT2D eigenvalue weighted by Gasteiger charge is -2.02.